The summed E-state index contributed by atoms with van der Waals surface area (Å²) in [4.78, 5) is 0. The van der Waals surface area contributed by atoms with E-state index in [9.17, 15) is 4.39 Å². The van der Waals surface area contributed by atoms with Crippen molar-refractivity contribution in [2.24, 2.45) is 0 Å². The molecule has 1 aromatic heterocycles. The summed E-state index contributed by atoms with van der Waals surface area (Å²) in [5.41, 5.74) is 0.252. The number of hydrogen-bond acceptors (Lipinski definition) is 4. The summed E-state index contributed by atoms with van der Waals surface area (Å²) in [5, 5.41) is 14.7. The third kappa shape index (κ3) is 3.36. The number of tetrazole rings is 1. The second-order valence-electron chi connectivity index (χ2n) is 5.18. The van der Waals surface area contributed by atoms with E-state index in [1.54, 1.807) is 12.1 Å². The topological polar surface area (TPSA) is 55.6 Å². The Morgan fingerprint density at radius 2 is 2.11 bits per heavy atom. The van der Waals surface area contributed by atoms with Crippen molar-refractivity contribution in [3.63, 3.8) is 0 Å². The molecule has 1 N–H and O–H groups in total. The monoisotopic (exact) mass is 327 g/mol. The maximum absolute atomic E-state index is 13.9. The molecule has 0 radical (unpaired) electrons. The first-order chi connectivity index (χ1) is 8.88. The fraction of sp³-hybridized carbons (Fsp3) is 0.417. The highest BCUT2D eigenvalue weighted by Crippen LogP contribution is 2.23. The first kappa shape index (κ1) is 14.1. The van der Waals surface area contributed by atoms with E-state index in [-0.39, 0.29) is 11.4 Å². The molecule has 0 spiro atoms. The van der Waals surface area contributed by atoms with Gasteiger partial charge in [0.2, 0.25) is 0 Å². The minimum atomic E-state index is -0.376. The fourth-order valence-corrected chi connectivity index (χ4v) is 2.04. The van der Waals surface area contributed by atoms with Crippen molar-refractivity contribution >= 4 is 15.9 Å². The predicted octanol–water partition coefficient (Wildman–Crippen LogP) is 2.45. The molecular weight excluding hydrogens is 313 g/mol. The van der Waals surface area contributed by atoms with Crippen LogP contribution < -0.4 is 5.32 Å². The molecule has 0 aliphatic carbocycles. The molecule has 1 heterocycles. The van der Waals surface area contributed by atoms with Crippen molar-refractivity contribution in [3.05, 3.63) is 34.3 Å². The van der Waals surface area contributed by atoms with Crippen LogP contribution in [0.5, 0.6) is 0 Å². The number of nitrogens with zero attached hydrogens (tertiary/aromatic N) is 4. The van der Waals surface area contributed by atoms with Gasteiger partial charge in [-0.3, -0.25) is 0 Å². The minimum Gasteiger partial charge on any atom is -0.305 e. The van der Waals surface area contributed by atoms with E-state index >= 15 is 0 Å². The second-order valence-corrected chi connectivity index (χ2v) is 6.04. The number of aromatic nitrogens is 4. The van der Waals surface area contributed by atoms with Gasteiger partial charge in [0.05, 0.1) is 6.54 Å². The Morgan fingerprint density at radius 3 is 2.74 bits per heavy atom. The molecule has 0 amide bonds. The maximum atomic E-state index is 13.9. The molecule has 0 saturated carbocycles. The fourth-order valence-electron chi connectivity index (χ4n) is 1.53. The Bertz CT molecular complexity index is 555. The van der Waals surface area contributed by atoms with Crippen molar-refractivity contribution < 1.29 is 4.39 Å². The zero-order chi connectivity index (χ0) is 14.0. The average molecular weight is 328 g/mol. The largest absolute Gasteiger partial charge is 0.305 e. The van der Waals surface area contributed by atoms with Gasteiger partial charge in [0.25, 0.3) is 0 Å². The molecule has 0 aliphatic heterocycles. The van der Waals surface area contributed by atoms with Crippen molar-refractivity contribution in [1.29, 1.82) is 0 Å². The lowest BCUT2D eigenvalue weighted by Crippen LogP contribution is -2.36. The van der Waals surface area contributed by atoms with Crippen LogP contribution in [0.1, 0.15) is 26.6 Å². The van der Waals surface area contributed by atoms with E-state index in [1.165, 1.54) is 10.7 Å². The number of rotatable bonds is 3. The number of halogens is 2. The summed E-state index contributed by atoms with van der Waals surface area (Å²) in [6.45, 7) is 6.58. The van der Waals surface area contributed by atoms with Crippen molar-refractivity contribution in [1.82, 2.24) is 25.5 Å². The molecule has 0 aliphatic rings. The normalized spacial score (nSPS) is 11.8. The Labute approximate surface area is 119 Å². The number of para-hydroxylation sites is 1. The van der Waals surface area contributed by atoms with Crippen LogP contribution in [-0.4, -0.2) is 25.7 Å². The van der Waals surface area contributed by atoms with Gasteiger partial charge in [0.1, 0.15) is 11.5 Å². The first-order valence-electron chi connectivity index (χ1n) is 5.85. The zero-order valence-electron chi connectivity index (χ0n) is 11.0. The number of benzene rings is 1. The lowest BCUT2D eigenvalue weighted by atomic mass is 10.1. The number of hydrogen-bond donors (Lipinski definition) is 1. The van der Waals surface area contributed by atoms with Gasteiger partial charge in [0, 0.05) is 10.0 Å². The third-order valence-electron chi connectivity index (χ3n) is 2.46. The smallest absolute Gasteiger partial charge is 0.170 e. The molecule has 0 atom stereocenters. The van der Waals surface area contributed by atoms with Crippen LogP contribution in [0.2, 0.25) is 0 Å². The molecule has 0 bridgehead atoms. The summed E-state index contributed by atoms with van der Waals surface area (Å²) in [6.07, 6.45) is 0. The highest BCUT2D eigenvalue weighted by atomic mass is 79.9. The zero-order valence-corrected chi connectivity index (χ0v) is 12.6. The molecule has 7 heteroatoms. The van der Waals surface area contributed by atoms with E-state index in [4.69, 9.17) is 0 Å². The highest BCUT2D eigenvalue weighted by molar-refractivity contribution is 9.10. The summed E-state index contributed by atoms with van der Waals surface area (Å²) in [5.74, 6) is 0.180. The Hall–Kier alpha value is -1.34. The second kappa shape index (κ2) is 5.34. The van der Waals surface area contributed by atoms with Crippen LogP contribution >= 0.6 is 15.9 Å². The van der Waals surface area contributed by atoms with Crippen LogP contribution in [0.15, 0.2) is 22.7 Å². The van der Waals surface area contributed by atoms with E-state index < -0.39 is 0 Å². The Balaban J connectivity index is 2.34. The molecule has 19 heavy (non-hydrogen) atoms. The van der Waals surface area contributed by atoms with Crippen molar-refractivity contribution in [2.75, 3.05) is 0 Å². The van der Waals surface area contributed by atoms with Gasteiger partial charge in [-0.15, -0.1) is 5.10 Å². The van der Waals surface area contributed by atoms with Crippen molar-refractivity contribution in [3.8, 4) is 5.69 Å². The van der Waals surface area contributed by atoms with Gasteiger partial charge in [-0.05, 0) is 59.3 Å². The molecular formula is C12H15BrFN5. The average Bonchev–Trinajstić information content (AvgIpc) is 2.73. The van der Waals surface area contributed by atoms with Gasteiger partial charge in [-0.25, -0.2) is 4.39 Å². The lowest BCUT2D eigenvalue weighted by molar-refractivity contribution is 0.414. The summed E-state index contributed by atoms with van der Waals surface area (Å²) in [7, 11) is 0. The number of nitrogens with one attached hydrogen (secondary N) is 1. The minimum absolute atomic E-state index is 0.0662. The molecule has 0 unspecified atom stereocenters. The van der Waals surface area contributed by atoms with Crippen LogP contribution in [0.25, 0.3) is 5.69 Å². The van der Waals surface area contributed by atoms with Crippen LogP contribution in [0.3, 0.4) is 0 Å². The van der Waals surface area contributed by atoms with E-state index in [1.807, 2.05) is 20.8 Å². The summed E-state index contributed by atoms with van der Waals surface area (Å²) >= 11 is 3.32. The predicted molar refractivity (Wildman–Crippen MR) is 73.4 cm³/mol. The molecule has 5 nitrogen and oxygen atoms in total. The SMILES string of the molecule is CC(C)(C)NCc1nnnn1-c1c(F)cccc1Br. The molecule has 102 valence electrons. The van der Waals surface area contributed by atoms with Gasteiger partial charge >= 0.3 is 0 Å². The summed E-state index contributed by atoms with van der Waals surface area (Å²) in [6, 6.07) is 4.75. The maximum Gasteiger partial charge on any atom is 0.170 e. The quantitative estimate of drug-likeness (QED) is 0.940. The standard InChI is InChI=1S/C12H15BrFN5/c1-12(2,3)15-7-10-16-17-18-19(10)11-8(13)5-4-6-9(11)14/h4-6,15H,7H2,1-3H3. The first-order valence-corrected chi connectivity index (χ1v) is 6.64. The van der Waals surface area contributed by atoms with E-state index in [2.05, 4.69) is 36.8 Å². The Kier molecular flexibility index (Phi) is 3.96. The van der Waals surface area contributed by atoms with E-state index in [0.29, 0.717) is 22.5 Å². The van der Waals surface area contributed by atoms with Crippen molar-refractivity contribution in [2.45, 2.75) is 32.9 Å². The van der Waals surface area contributed by atoms with Gasteiger partial charge < -0.3 is 5.32 Å². The lowest BCUT2D eigenvalue weighted by Gasteiger charge is -2.20. The highest BCUT2D eigenvalue weighted by Gasteiger charge is 2.17. The van der Waals surface area contributed by atoms with Crippen LogP contribution in [0, 0.1) is 5.82 Å². The van der Waals surface area contributed by atoms with E-state index in [0.717, 1.165) is 0 Å². The molecule has 2 aromatic rings. The molecule has 0 saturated heterocycles. The van der Waals surface area contributed by atoms with Gasteiger partial charge in [-0.2, -0.15) is 4.68 Å². The van der Waals surface area contributed by atoms with Crippen LogP contribution in [0.4, 0.5) is 4.39 Å². The molecule has 0 fully saturated rings. The third-order valence-corrected chi connectivity index (χ3v) is 3.10. The molecule has 1 aromatic carbocycles. The van der Waals surface area contributed by atoms with Crippen LogP contribution in [-0.2, 0) is 6.54 Å². The van der Waals surface area contributed by atoms with Gasteiger partial charge in [-0.1, -0.05) is 6.07 Å². The summed E-state index contributed by atoms with van der Waals surface area (Å²) < 4.78 is 15.9. The van der Waals surface area contributed by atoms with Gasteiger partial charge in [0.15, 0.2) is 5.82 Å². The Morgan fingerprint density at radius 1 is 1.37 bits per heavy atom. The molecule has 2 rings (SSSR count).